The largest absolute Gasteiger partial charge is 0.493 e. The molecule has 0 aliphatic carbocycles. The van der Waals surface area contributed by atoms with Crippen LogP contribution in [0.5, 0.6) is 11.5 Å². The van der Waals surface area contributed by atoms with Gasteiger partial charge in [0.25, 0.3) is 0 Å². The second kappa shape index (κ2) is 13.8. The Labute approximate surface area is 187 Å². The Hall–Kier alpha value is -1.40. The summed E-state index contributed by atoms with van der Waals surface area (Å²) < 4.78 is 45.3. The molecule has 2 rings (SSSR count). The Morgan fingerprint density at radius 2 is 2.07 bits per heavy atom. The zero-order chi connectivity index (χ0) is 20.4. The van der Waals surface area contributed by atoms with E-state index in [1.54, 1.807) is 32.4 Å². The van der Waals surface area contributed by atoms with Crippen molar-refractivity contribution in [3.63, 3.8) is 0 Å². The lowest BCUT2D eigenvalue weighted by Crippen LogP contribution is -2.39. The smallest absolute Gasteiger partial charge is 0.387 e. The summed E-state index contributed by atoms with van der Waals surface area (Å²) in [4.78, 5) is 6.50. The monoisotopic (exact) mass is 529 g/mol. The van der Waals surface area contributed by atoms with Crippen molar-refractivity contribution < 1.29 is 27.7 Å². The highest BCUT2D eigenvalue weighted by Gasteiger charge is 2.25. The number of aliphatic imine (C=N–C) groups is 1. The van der Waals surface area contributed by atoms with Crippen LogP contribution >= 0.6 is 24.0 Å². The van der Waals surface area contributed by atoms with Gasteiger partial charge in [0.2, 0.25) is 0 Å². The minimum Gasteiger partial charge on any atom is -0.493 e. The third-order valence-corrected chi connectivity index (χ3v) is 4.48. The van der Waals surface area contributed by atoms with Crippen molar-refractivity contribution >= 4 is 29.9 Å². The first-order chi connectivity index (χ1) is 13.6. The molecule has 1 heterocycles. The summed E-state index contributed by atoms with van der Waals surface area (Å²) in [5.74, 6) is 1.50. The molecule has 10 heteroatoms. The quantitative estimate of drug-likeness (QED) is 0.218. The minimum absolute atomic E-state index is 0. The Balaban J connectivity index is 0.00000420. The molecule has 1 aromatic carbocycles. The summed E-state index contributed by atoms with van der Waals surface area (Å²) in [6, 6.07) is 4.95. The van der Waals surface area contributed by atoms with Crippen LogP contribution in [0, 0.1) is 5.92 Å². The molecule has 1 unspecified atom stereocenters. The Bertz CT molecular complexity index is 637. The van der Waals surface area contributed by atoms with Crippen molar-refractivity contribution in [2.75, 3.05) is 54.2 Å². The average molecular weight is 529 g/mol. The number of guanidine groups is 1. The first kappa shape index (κ1) is 25.6. The summed E-state index contributed by atoms with van der Waals surface area (Å²) in [6.45, 7) is 1.16. The van der Waals surface area contributed by atoms with Crippen LogP contribution in [0.15, 0.2) is 23.2 Å². The molecule has 0 saturated carbocycles. The van der Waals surface area contributed by atoms with Crippen molar-refractivity contribution in [2.24, 2.45) is 10.9 Å². The van der Waals surface area contributed by atoms with E-state index >= 15 is 0 Å². The summed E-state index contributed by atoms with van der Waals surface area (Å²) in [5, 5.41) is 3.27. The molecule has 1 aliphatic heterocycles. The van der Waals surface area contributed by atoms with Gasteiger partial charge in [-0.2, -0.15) is 8.78 Å². The number of hydrogen-bond donors (Lipinski definition) is 1. The van der Waals surface area contributed by atoms with Crippen molar-refractivity contribution in [1.29, 1.82) is 0 Å². The van der Waals surface area contributed by atoms with Gasteiger partial charge in [-0.3, -0.25) is 4.99 Å². The fraction of sp³-hybridized carbons (Fsp3) is 0.632. The van der Waals surface area contributed by atoms with E-state index in [2.05, 4.69) is 19.9 Å². The SMILES string of the molecule is CN=C(NCc1ccc(OC)c(OC(F)F)c1)N1CCC(COCCOC)C1.I. The van der Waals surface area contributed by atoms with Gasteiger partial charge in [0.15, 0.2) is 17.5 Å². The van der Waals surface area contributed by atoms with Crippen molar-refractivity contribution in [3.05, 3.63) is 23.8 Å². The van der Waals surface area contributed by atoms with Crippen LogP contribution in [0.25, 0.3) is 0 Å². The molecule has 1 N–H and O–H groups in total. The standard InChI is InChI=1S/C19H29F2N3O4.HI/c1-22-19(24-7-6-15(12-24)13-27-9-8-25-2)23-11-14-4-5-16(26-3)17(10-14)28-18(20)21;/h4-5,10,15,18H,6-9,11-13H2,1-3H3,(H,22,23);1H. The van der Waals surface area contributed by atoms with Crippen LogP contribution in [0.3, 0.4) is 0 Å². The number of nitrogens with one attached hydrogen (secondary N) is 1. The second-order valence-corrected chi connectivity index (χ2v) is 6.43. The zero-order valence-corrected chi connectivity index (χ0v) is 19.4. The topological polar surface area (TPSA) is 64.6 Å². The molecule has 7 nitrogen and oxygen atoms in total. The predicted molar refractivity (Wildman–Crippen MR) is 118 cm³/mol. The number of alkyl halides is 2. The fourth-order valence-electron chi connectivity index (χ4n) is 3.09. The molecule has 1 saturated heterocycles. The zero-order valence-electron chi connectivity index (χ0n) is 17.0. The number of benzene rings is 1. The van der Waals surface area contributed by atoms with Crippen molar-refractivity contribution in [2.45, 2.75) is 19.6 Å². The van der Waals surface area contributed by atoms with Gasteiger partial charge in [0.05, 0.1) is 26.9 Å². The van der Waals surface area contributed by atoms with Gasteiger partial charge in [-0.1, -0.05) is 6.07 Å². The number of likely N-dealkylation sites (tertiary alicyclic amines) is 1. The van der Waals surface area contributed by atoms with E-state index in [1.165, 1.54) is 7.11 Å². The van der Waals surface area contributed by atoms with E-state index in [-0.39, 0.29) is 35.5 Å². The third kappa shape index (κ3) is 8.47. The fourth-order valence-corrected chi connectivity index (χ4v) is 3.09. The maximum Gasteiger partial charge on any atom is 0.387 e. The van der Waals surface area contributed by atoms with Gasteiger partial charge < -0.3 is 29.2 Å². The van der Waals surface area contributed by atoms with Crippen LogP contribution in [-0.2, 0) is 16.0 Å². The normalized spacial score (nSPS) is 16.7. The summed E-state index contributed by atoms with van der Waals surface area (Å²) in [6.07, 6.45) is 1.03. The molecule has 0 radical (unpaired) electrons. The molecule has 1 aromatic rings. The number of hydrogen-bond acceptors (Lipinski definition) is 5. The lowest BCUT2D eigenvalue weighted by atomic mass is 10.1. The van der Waals surface area contributed by atoms with Gasteiger partial charge in [-0.15, -0.1) is 24.0 Å². The van der Waals surface area contributed by atoms with Crippen molar-refractivity contribution in [1.82, 2.24) is 10.2 Å². The number of ether oxygens (including phenoxy) is 4. The molecular formula is C19H30F2IN3O4. The highest BCUT2D eigenvalue weighted by Crippen LogP contribution is 2.29. The second-order valence-electron chi connectivity index (χ2n) is 6.43. The van der Waals surface area contributed by atoms with Crippen LogP contribution in [-0.4, -0.2) is 71.6 Å². The minimum atomic E-state index is -2.91. The summed E-state index contributed by atoms with van der Waals surface area (Å²) in [5.41, 5.74) is 0.788. The predicted octanol–water partition coefficient (Wildman–Crippen LogP) is 2.97. The maximum absolute atomic E-state index is 12.6. The Morgan fingerprint density at radius 3 is 2.72 bits per heavy atom. The van der Waals surface area contributed by atoms with Crippen LogP contribution < -0.4 is 14.8 Å². The van der Waals surface area contributed by atoms with Crippen LogP contribution in [0.2, 0.25) is 0 Å². The van der Waals surface area contributed by atoms with Crippen molar-refractivity contribution in [3.8, 4) is 11.5 Å². The molecule has 166 valence electrons. The van der Waals surface area contributed by atoms with E-state index in [1.807, 2.05) is 0 Å². The Kier molecular flexibility index (Phi) is 12.2. The average Bonchev–Trinajstić information content (AvgIpc) is 3.14. The molecule has 1 fully saturated rings. The number of rotatable bonds is 10. The third-order valence-electron chi connectivity index (χ3n) is 4.48. The number of nitrogens with zero attached hydrogens (tertiary/aromatic N) is 2. The van der Waals surface area contributed by atoms with E-state index in [0.29, 0.717) is 32.3 Å². The molecule has 0 aromatic heterocycles. The van der Waals surface area contributed by atoms with Crippen LogP contribution in [0.1, 0.15) is 12.0 Å². The molecular weight excluding hydrogens is 499 g/mol. The molecule has 0 amide bonds. The summed E-state index contributed by atoms with van der Waals surface area (Å²) >= 11 is 0. The lowest BCUT2D eigenvalue weighted by molar-refractivity contribution is -0.0512. The molecule has 1 atom stereocenters. The Morgan fingerprint density at radius 1 is 1.28 bits per heavy atom. The van der Waals surface area contributed by atoms with E-state index in [4.69, 9.17) is 14.2 Å². The first-order valence-corrected chi connectivity index (χ1v) is 9.21. The molecule has 29 heavy (non-hydrogen) atoms. The van der Waals surface area contributed by atoms with E-state index < -0.39 is 6.61 Å². The maximum atomic E-state index is 12.6. The highest BCUT2D eigenvalue weighted by molar-refractivity contribution is 14.0. The molecule has 0 spiro atoms. The van der Waals surface area contributed by atoms with E-state index in [0.717, 1.165) is 31.0 Å². The van der Waals surface area contributed by atoms with Gasteiger partial charge in [-0.25, -0.2) is 0 Å². The van der Waals surface area contributed by atoms with Crippen LogP contribution in [0.4, 0.5) is 8.78 Å². The number of halogens is 3. The number of methoxy groups -OCH3 is 2. The summed E-state index contributed by atoms with van der Waals surface area (Å²) in [7, 11) is 4.79. The molecule has 1 aliphatic rings. The van der Waals surface area contributed by atoms with Gasteiger partial charge in [0.1, 0.15) is 0 Å². The van der Waals surface area contributed by atoms with Gasteiger partial charge in [0, 0.05) is 39.7 Å². The van der Waals surface area contributed by atoms with E-state index in [9.17, 15) is 8.78 Å². The lowest BCUT2D eigenvalue weighted by Gasteiger charge is -2.22. The highest BCUT2D eigenvalue weighted by atomic mass is 127. The first-order valence-electron chi connectivity index (χ1n) is 9.21. The van der Waals surface area contributed by atoms with Gasteiger partial charge in [-0.05, 0) is 24.1 Å². The molecule has 0 bridgehead atoms. The van der Waals surface area contributed by atoms with Gasteiger partial charge >= 0.3 is 6.61 Å².